The Bertz CT molecular complexity index is 743. The number of rotatable bonds is 3. The molecule has 0 amide bonds. The standard InChI is InChI=1S/C20H17P/c21-20(17-11-5-2-6-12-17)15-18-13-7-8-14-19(18)16-9-3-1-4-10-16/h1-15H,21H2. The lowest BCUT2D eigenvalue weighted by Crippen LogP contribution is -1.83. The van der Waals surface area contributed by atoms with Crippen molar-refractivity contribution in [1.29, 1.82) is 0 Å². The lowest BCUT2D eigenvalue weighted by molar-refractivity contribution is 1.59. The molecule has 102 valence electrons. The molecule has 0 saturated carbocycles. The fourth-order valence-electron chi connectivity index (χ4n) is 2.38. The maximum Gasteiger partial charge on any atom is -0.0111 e. The van der Waals surface area contributed by atoms with Crippen LogP contribution in [0.15, 0.2) is 84.9 Å². The molecule has 0 nitrogen and oxygen atoms in total. The molecule has 0 fully saturated rings. The smallest absolute Gasteiger partial charge is 0.0111 e. The molecule has 1 unspecified atom stereocenters. The fourth-order valence-corrected chi connectivity index (χ4v) is 2.76. The van der Waals surface area contributed by atoms with Crippen LogP contribution in [0.5, 0.6) is 0 Å². The molecule has 21 heavy (non-hydrogen) atoms. The van der Waals surface area contributed by atoms with Crippen LogP contribution in [0.2, 0.25) is 0 Å². The molecule has 1 heteroatoms. The second-order valence-corrected chi connectivity index (χ2v) is 5.54. The maximum absolute atomic E-state index is 2.84. The van der Waals surface area contributed by atoms with Gasteiger partial charge in [0.25, 0.3) is 0 Å². The van der Waals surface area contributed by atoms with E-state index < -0.39 is 0 Å². The van der Waals surface area contributed by atoms with Crippen LogP contribution in [-0.2, 0) is 0 Å². The number of hydrogen-bond donors (Lipinski definition) is 0. The zero-order valence-electron chi connectivity index (χ0n) is 11.7. The van der Waals surface area contributed by atoms with Gasteiger partial charge in [-0.25, -0.2) is 0 Å². The molecule has 0 aliphatic heterocycles. The van der Waals surface area contributed by atoms with Crippen molar-refractivity contribution in [2.24, 2.45) is 0 Å². The molecule has 0 aromatic heterocycles. The molecule has 1 atom stereocenters. The van der Waals surface area contributed by atoms with Crippen LogP contribution in [0.3, 0.4) is 0 Å². The lowest BCUT2D eigenvalue weighted by Gasteiger charge is -2.08. The van der Waals surface area contributed by atoms with Crippen LogP contribution in [-0.4, -0.2) is 0 Å². The van der Waals surface area contributed by atoms with Crippen LogP contribution in [0.1, 0.15) is 11.1 Å². The number of benzene rings is 3. The molecule has 0 spiro atoms. The summed E-state index contributed by atoms with van der Waals surface area (Å²) in [6.07, 6.45) is 2.22. The van der Waals surface area contributed by atoms with E-state index in [9.17, 15) is 0 Å². The highest BCUT2D eigenvalue weighted by Crippen LogP contribution is 2.29. The minimum Gasteiger partial charge on any atom is -0.105 e. The predicted molar refractivity (Wildman–Crippen MR) is 95.9 cm³/mol. The van der Waals surface area contributed by atoms with E-state index in [-0.39, 0.29) is 0 Å². The van der Waals surface area contributed by atoms with Crippen molar-refractivity contribution in [3.05, 3.63) is 96.1 Å². The van der Waals surface area contributed by atoms with Crippen LogP contribution in [0.25, 0.3) is 22.5 Å². The Morgan fingerprint density at radius 3 is 1.95 bits per heavy atom. The summed E-state index contributed by atoms with van der Waals surface area (Å²) in [7, 11) is 2.84. The maximum atomic E-state index is 2.84. The van der Waals surface area contributed by atoms with E-state index in [4.69, 9.17) is 0 Å². The second kappa shape index (κ2) is 6.52. The fraction of sp³-hybridized carbons (Fsp3) is 0. The normalized spacial score (nSPS) is 11.4. The SMILES string of the molecule is PC(=Cc1ccccc1-c1ccccc1)c1ccccc1. The molecule has 0 radical (unpaired) electrons. The first-order chi connectivity index (χ1) is 10.3. The zero-order valence-corrected chi connectivity index (χ0v) is 12.9. The first-order valence-corrected chi connectivity index (χ1v) is 7.59. The van der Waals surface area contributed by atoms with Gasteiger partial charge in [-0.15, -0.1) is 9.24 Å². The molecule has 0 N–H and O–H groups in total. The van der Waals surface area contributed by atoms with Gasteiger partial charge >= 0.3 is 0 Å². The summed E-state index contributed by atoms with van der Waals surface area (Å²) in [5.74, 6) is 0. The summed E-state index contributed by atoms with van der Waals surface area (Å²) >= 11 is 0. The van der Waals surface area contributed by atoms with Crippen molar-refractivity contribution in [3.63, 3.8) is 0 Å². The first kappa shape index (κ1) is 13.8. The number of hydrogen-bond acceptors (Lipinski definition) is 0. The van der Waals surface area contributed by atoms with Gasteiger partial charge in [0.1, 0.15) is 0 Å². The quantitative estimate of drug-likeness (QED) is 0.426. The van der Waals surface area contributed by atoms with Gasteiger partial charge in [-0.3, -0.25) is 0 Å². The van der Waals surface area contributed by atoms with E-state index in [0.717, 1.165) is 0 Å². The van der Waals surface area contributed by atoms with Gasteiger partial charge in [0.05, 0.1) is 0 Å². The summed E-state index contributed by atoms with van der Waals surface area (Å²) in [4.78, 5) is 0. The van der Waals surface area contributed by atoms with Crippen LogP contribution < -0.4 is 0 Å². The highest BCUT2D eigenvalue weighted by molar-refractivity contribution is 7.32. The summed E-state index contributed by atoms with van der Waals surface area (Å²) in [5.41, 5.74) is 4.96. The van der Waals surface area contributed by atoms with E-state index in [2.05, 4.69) is 88.1 Å². The van der Waals surface area contributed by atoms with Gasteiger partial charge in [-0.05, 0) is 33.6 Å². The average molecular weight is 288 g/mol. The highest BCUT2D eigenvalue weighted by atomic mass is 31.0. The third-order valence-corrected chi connectivity index (χ3v) is 3.96. The van der Waals surface area contributed by atoms with Crippen molar-refractivity contribution >= 4 is 20.6 Å². The Morgan fingerprint density at radius 1 is 0.667 bits per heavy atom. The minimum absolute atomic E-state index is 1.19. The zero-order chi connectivity index (χ0) is 14.5. The summed E-state index contributed by atoms with van der Waals surface area (Å²) in [6.45, 7) is 0. The van der Waals surface area contributed by atoms with Crippen LogP contribution in [0, 0.1) is 0 Å². The van der Waals surface area contributed by atoms with Gasteiger partial charge in [0.2, 0.25) is 0 Å². The van der Waals surface area contributed by atoms with E-state index in [0.29, 0.717) is 0 Å². The van der Waals surface area contributed by atoms with Crippen molar-refractivity contribution in [3.8, 4) is 11.1 Å². The molecule has 0 heterocycles. The first-order valence-electron chi connectivity index (χ1n) is 7.01. The molecular formula is C20H17P. The largest absolute Gasteiger partial charge is 0.105 e. The Kier molecular flexibility index (Phi) is 4.28. The Balaban J connectivity index is 2.04. The van der Waals surface area contributed by atoms with Crippen LogP contribution in [0.4, 0.5) is 0 Å². The molecule has 0 aliphatic carbocycles. The van der Waals surface area contributed by atoms with Gasteiger partial charge in [0.15, 0.2) is 0 Å². The Labute approximate surface area is 128 Å². The van der Waals surface area contributed by atoms with Gasteiger partial charge < -0.3 is 0 Å². The van der Waals surface area contributed by atoms with Crippen LogP contribution >= 0.6 is 9.24 Å². The third-order valence-electron chi connectivity index (χ3n) is 3.46. The molecule has 0 aliphatic rings. The monoisotopic (exact) mass is 288 g/mol. The van der Waals surface area contributed by atoms with Crippen molar-refractivity contribution in [2.75, 3.05) is 0 Å². The molecule has 0 saturated heterocycles. The summed E-state index contributed by atoms with van der Waals surface area (Å²) in [6, 6.07) is 29.4. The van der Waals surface area contributed by atoms with E-state index in [1.54, 1.807) is 0 Å². The predicted octanol–water partition coefficient (Wildman–Crippen LogP) is 5.73. The third kappa shape index (κ3) is 3.29. The van der Waals surface area contributed by atoms with Crippen molar-refractivity contribution < 1.29 is 0 Å². The molecular weight excluding hydrogens is 271 g/mol. The van der Waals surface area contributed by atoms with Gasteiger partial charge in [0, 0.05) is 0 Å². The highest BCUT2D eigenvalue weighted by Gasteiger charge is 2.03. The Hall–Kier alpha value is -2.17. The average Bonchev–Trinajstić information content (AvgIpc) is 2.57. The van der Waals surface area contributed by atoms with Crippen molar-refractivity contribution in [2.45, 2.75) is 0 Å². The molecule has 3 aromatic rings. The molecule has 3 aromatic carbocycles. The van der Waals surface area contributed by atoms with E-state index in [1.807, 2.05) is 12.1 Å². The molecule has 0 bridgehead atoms. The van der Waals surface area contributed by atoms with E-state index >= 15 is 0 Å². The minimum atomic E-state index is 1.19. The topological polar surface area (TPSA) is 0 Å². The molecule has 3 rings (SSSR count). The summed E-state index contributed by atoms with van der Waals surface area (Å²) in [5, 5.41) is 1.19. The second-order valence-electron chi connectivity index (χ2n) is 4.92. The summed E-state index contributed by atoms with van der Waals surface area (Å²) < 4.78 is 0. The lowest BCUT2D eigenvalue weighted by atomic mass is 9.99. The Morgan fingerprint density at radius 2 is 1.24 bits per heavy atom. The van der Waals surface area contributed by atoms with Gasteiger partial charge in [-0.2, -0.15) is 0 Å². The van der Waals surface area contributed by atoms with E-state index in [1.165, 1.54) is 27.6 Å². The van der Waals surface area contributed by atoms with Crippen molar-refractivity contribution in [1.82, 2.24) is 0 Å². The van der Waals surface area contributed by atoms with Gasteiger partial charge in [-0.1, -0.05) is 84.9 Å².